The van der Waals surface area contributed by atoms with Crippen molar-refractivity contribution in [2.45, 2.75) is 32.9 Å². The number of hydrogen-bond acceptors (Lipinski definition) is 3. The lowest BCUT2D eigenvalue weighted by atomic mass is 10.1. The smallest absolute Gasteiger partial charge is 0.192 e. The number of nitrogens with zero attached hydrogens (tertiary/aromatic N) is 3. The van der Waals surface area contributed by atoms with Gasteiger partial charge in [-0.05, 0) is 32.9 Å². The van der Waals surface area contributed by atoms with E-state index in [1.54, 1.807) is 13.8 Å². The molecule has 0 fully saturated rings. The van der Waals surface area contributed by atoms with Crippen LogP contribution in [0, 0.1) is 11.6 Å². The molecular formula is C19H18ClF2N3O. The van der Waals surface area contributed by atoms with Crippen molar-refractivity contribution in [2.75, 3.05) is 0 Å². The molecule has 4 nitrogen and oxygen atoms in total. The van der Waals surface area contributed by atoms with Gasteiger partial charge in [0.2, 0.25) is 0 Å². The highest BCUT2D eigenvalue weighted by atomic mass is 35.5. The lowest BCUT2D eigenvalue weighted by Crippen LogP contribution is -2.30. The summed E-state index contributed by atoms with van der Waals surface area (Å²) < 4.78 is 35.8. The highest BCUT2D eigenvalue weighted by Gasteiger charge is 2.32. The second-order valence-electron chi connectivity index (χ2n) is 6.27. The molecular weight excluding hydrogens is 360 g/mol. The summed E-state index contributed by atoms with van der Waals surface area (Å²) >= 11 is 5.67. The maximum absolute atomic E-state index is 14.1. The normalized spacial score (nSPS) is 11.6. The van der Waals surface area contributed by atoms with E-state index in [1.807, 2.05) is 41.8 Å². The summed E-state index contributed by atoms with van der Waals surface area (Å²) in [6.07, 6.45) is 0. The van der Waals surface area contributed by atoms with E-state index in [0.29, 0.717) is 18.2 Å². The van der Waals surface area contributed by atoms with Crippen molar-refractivity contribution >= 4 is 11.6 Å². The van der Waals surface area contributed by atoms with Gasteiger partial charge in [-0.2, -0.15) is 0 Å². The minimum Gasteiger partial charge on any atom is -0.474 e. The standard InChI is InChI=1S/C19H18ClF2N3O/c1-4-25-17(12-8-6-5-7-9-12)23-24-18(25)19(2,3)26-16-14(21)10-13(20)11-15(16)22/h5-11H,4H2,1-3H3. The number of benzene rings is 2. The summed E-state index contributed by atoms with van der Waals surface area (Å²) in [4.78, 5) is 0. The summed E-state index contributed by atoms with van der Waals surface area (Å²) in [5.41, 5.74) is -0.223. The van der Waals surface area contributed by atoms with E-state index in [9.17, 15) is 8.78 Å². The highest BCUT2D eigenvalue weighted by molar-refractivity contribution is 6.30. The molecule has 0 N–H and O–H groups in total. The number of aromatic nitrogens is 3. The van der Waals surface area contributed by atoms with Crippen LogP contribution in [0.4, 0.5) is 8.78 Å². The van der Waals surface area contributed by atoms with Gasteiger partial charge in [-0.15, -0.1) is 10.2 Å². The van der Waals surface area contributed by atoms with Crippen LogP contribution in [0.2, 0.25) is 5.02 Å². The molecule has 3 aromatic rings. The summed E-state index contributed by atoms with van der Waals surface area (Å²) in [6.45, 7) is 5.89. The largest absolute Gasteiger partial charge is 0.474 e. The minimum atomic E-state index is -1.12. The third kappa shape index (κ3) is 3.42. The Balaban J connectivity index is 2.02. The molecule has 0 unspecified atom stereocenters. The predicted molar refractivity (Wildman–Crippen MR) is 96.2 cm³/mol. The fourth-order valence-corrected chi connectivity index (χ4v) is 2.97. The molecule has 136 valence electrons. The molecule has 2 aromatic carbocycles. The monoisotopic (exact) mass is 377 g/mol. The van der Waals surface area contributed by atoms with Gasteiger partial charge in [0.05, 0.1) is 0 Å². The zero-order valence-electron chi connectivity index (χ0n) is 14.6. The molecule has 26 heavy (non-hydrogen) atoms. The molecule has 0 aliphatic rings. The molecule has 0 spiro atoms. The van der Waals surface area contributed by atoms with Crippen molar-refractivity contribution in [3.8, 4) is 17.1 Å². The average molecular weight is 378 g/mol. The number of rotatable bonds is 5. The molecule has 7 heteroatoms. The van der Waals surface area contributed by atoms with Gasteiger partial charge in [0.15, 0.2) is 34.6 Å². The third-order valence-electron chi connectivity index (χ3n) is 3.96. The van der Waals surface area contributed by atoms with Gasteiger partial charge in [-0.25, -0.2) is 8.78 Å². The van der Waals surface area contributed by atoms with Gasteiger partial charge in [-0.3, -0.25) is 0 Å². The van der Waals surface area contributed by atoms with E-state index >= 15 is 0 Å². The van der Waals surface area contributed by atoms with Gasteiger partial charge in [0.25, 0.3) is 0 Å². The molecule has 1 aromatic heterocycles. The van der Waals surface area contributed by atoms with Crippen LogP contribution in [-0.2, 0) is 12.1 Å². The topological polar surface area (TPSA) is 39.9 Å². The molecule has 0 atom stereocenters. The van der Waals surface area contributed by atoms with E-state index in [2.05, 4.69) is 10.2 Å². The van der Waals surface area contributed by atoms with Gasteiger partial charge in [0, 0.05) is 17.1 Å². The second kappa shape index (κ2) is 7.03. The summed E-state index contributed by atoms with van der Waals surface area (Å²) in [6, 6.07) is 11.6. The first-order valence-electron chi connectivity index (χ1n) is 8.16. The van der Waals surface area contributed by atoms with Crippen LogP contribution in [0.1, 0.15) is 26.6 Å². The molecule has 1 heterocycles. The first kappa shape index (κ1) is 18.3. The van der Waals surface area contributed by atoms with E-state index < -0.39 is 23.0 Å². The zero-order chi connectivity index (χ0) is 18.9. The fraction of sp³-hybridized carbons (Fsp3) is 0.263. The predicted octanol–water partition coefficient (Wildman–Crippen LogP) is 5.21. The first-order chi connectivity index (χ1) is 12.3. The Bertz CT molecular complexity index is 903. The number of halogens is 3. The van der Waals surface area contributed by atoms with Crippen LogP contribution in [0.25, 0.3) is 11.4 Å². The highest BCUT2D eigenvalue weighted by Crippen LogP contribution is 2.33. The molecule has 0 saturated heterocycles. The van der Waals surface area contributed by atoms with E-state index in [1.165, 1.54) is 0 Å². The van der Waals surface area contributed by atoms with Crippen LogP contribution in [0.5, 0.6) is 5.75 Å². The second-order valence-corrected chi connectivity index (χ2v) is 6.70. The molecule has 3 rings (SSSR count). The van der Waals surface area contributed by atoms with E-state index in [4.69, 9.17) is 16.3 Å². The number of ether oxygens (including phenoxy) is 1. The van der Waals surface area contributed by atoms with E-state index in [0.717, 1.165) is 17.7 Å². The van der Waals surface area contributed by atoms with Gasteiger partial charge < -0.3 is 9.30 Å². The Labute approximate surface area is 155 Å². The molecule has 0 bridgehead atoms. The SMILES string of the molecule is CCn1c(-c2ccccc2)nnc1C(C)(C)Oc1c(F)cc(Cl)cc1F. The van der Waals surface area contributed by atoms with Gasteiger partial charge in [0.1, 0.15) is 0 Å². The van der Waals surface area contributed by atoms with Crippen molar-refractivity contribution in [1.82, 2.24) is 14.8 Å². The molecule has 0 aliphatic heterocycles. The maximum Gasteiger partial charge on any atom is 0.192 e. The van der Waals surface area contributed by atoms with Crippen LogP contribution in [0.3, 0.4) is 0 Å². The molecule has 0 amide bonds. The van der Waals surface area contributed by atoms with Crippen LogP contribution in [0.15, 0.2) is 42.5 Å². The van der Waals surface area contributed by atoms with E-state index in [-0.39, 0.29) is 5.02 Å². The Hall–Kier alpha value is -2.47. The van der Waals surface area contributed by atoms with Crippen LogP contribution >= 0.6 is 11.6 Å². The fourth-order valence-electron chi connectivity index (χ4n) is 2.78. The third-order valence-corrected chi connectivity index (χ3v) is 4.18. The Kier molecular flexibility index (Phi) is 4.96. The molecule has 0 radical (unpaired) electrons. The lowest BCUT2D eigenvalue weighted by Gasteiger charge is -2.26. The lowest BCUT2D eigenvalue weighted by molar-refractivity contribution is 0.0827. The summed E-state index contributed by atoms with van der Waals surface area (Å²) in [5, 5.41) is 8.44. The zero-order valence-corrected chi connectivity index (χ0v) is 15.4. The minimum absolute atomic E-state index is 0.0340. The Morgan fingerprint density at radius 1 is 1.08 bits per heavy atom. The van der Waals surface area contributed by atoms with Crippen molar-refractivity contribution in [3.63, 3.8) is 0 Å². The van der Waals surface area contributed by atoms with Crippen LogP contribution in [-0.4, -0.2) is 14.8 Å². The summed E-state index contributed by atoms with van der Waals surface area (Å²) in [5.74, 6) is -1.10. The maximum atomic E-state index is 14.1. The van der Waals surface area contributed by atoms with Crippen molar-refractivity contribution < 1.29 is 13.5 Å². The number of hydrogen-bond donors (Lipinski definition) is 0. The van der Waals surface area contributed by atoms with Crippen LogP contribution < -0.4 is 4.74 Å². The Morgan fingerprint density at radius 2 is 1.69 bits per heavy atom. The van der Waals surface area contributed by atoms with Gasteiger partial charge in [-0.1, -0.05) is 41.9 Å². The summed E-state index contributed by atoms with van der Waals surface area (Å²) in [7, 11) is 0. The van der Waals surface area contributed by atoms with Gasteiger partial charge >= 0.3 is 0 Å². The Morgan fingerprint density at radius 3 is 2.27 bits per heavy atom. The molecule has 0 saturated carbocycles. The quantitative estimate of drug-likeness (QED) is 0.612. The first-order valence-corrected chi connectivity index (χ1v) is 8.54. The molecule has 0 aliphatic carbocycles. The van der Waals surface area contributed by atoms with Crippen molar-refractivity contribution in [2.24, 2.45) is 0 Å². The van der Waals surface area contributed by atoms with Crippen molar-refractivity contribution in [1.29, 1.82) is 0 Å². The average Bonchev–Trinajstić information content (AvgIpc) is 3.04. The van der Waals surface area contributed by atoms with Crippen molar-refractivity contribution in [3.05, 3.63) is 64.9 Å².